The molecule has 2 aliphatic rings. The van der Waals surface area contributed by atoms with Crippen LogP contribution in [0.3, 0.4) is 0 Å². The zero-order valence-corrected chi connectivity index (χ0v) is 13.4. The molecule has 1 aliphatic heterocycles. The maximum absolute atomic E-state index is 5.91. The van der Waals surface area contributed by atoms with E-state index < -0.39 is 0 Å². The molecule has 2 fully saturated rings. The Morgan fingerprint density at radius 2 is 2.05 bits per heavy atom. The summed E-state index contributed by atoms with van der Waals surface area (Å²) in [5.41, 5.74) is 0. The summed E-state index contributed by atoms with van der Waals surface area (Å²) in [7, 11) is 0. The number of nitrogens with zero attached hydrogens (tertiary/aromatic N) is 2. The third-order valence-electron chi connectivity index (χ3n) is 3.86. The van der Waals surface area contributed by atoms with Crippen LogP contribution in [0.5, 0.6) is 0 Å². The predicted molar refractivity (Wildman–Crippen MR) is 83.4 cm³/mol. The van der Waals surface area contributed by atoms with Crippen molar-refractivity contribution in [3.8, 4) is 0 Å². The Morgan fingerprint density at radius 3 is 2.63 bits per heavy atom. The third-order valence-corrected chi connectivity index (χ3v) is 4.96. The second kappa shape index (κ2) is 7.23. The molecule has 1 aromatic heterocycles. The lowest BCUT2D eigenvalue weighted by Crippen LogP contribution is -2.42. The van der Waals surface area contributed by atoms with Crippen LogP contribution in [-0.4, -0.2) is 35.6 Å². The SMILES string of the molecule is Cl.Clc1cnc(CN2CCC(NCC3CC3)CC2)s1. The topological polar surface area (TPSA) is 28.2 Å². The number of rotatable bonds is 5. The van der Waals surface area contributed by atoms with Crippen molar-refractivity contribution in [1.29, 1.82) is 0 Å². The average molecular weight is 322 g/mol. The van der Waals surface area contributed by atoms with Gasteiger partial charge in [0.2, 0.25) is 0 Å². The van der Waals surface area contributed by atoms with Crippen LogP contribution < -0.4 is 5.32 Å². The Hall–Kier alpha value is 0.130. The molecular formula is C13H21Cl2N3S. The molecule has 0 atom stereocenters. The van der Waals surface area contributed by atoms with E-state index in [1.807, 2.05) is 0 Å². The fourth-order valence-electron chi connectivity index (χ4n) is 2.50. The van der Waals surface area contributed by atoms with Crippen molar-refractivity contribution in [2.45, 2.75) is 38.3 Å². The zero-order chi connectivity index (χ0) is 12.4. The third kappa shape index (κ3) is 4.87. The van der Waals surface area contributed by atoms with E-state index >= 15 is 0 Å². The summed E-state index contributed by atoms with van der Waals surface area (Å²) in [5, 5.41) is 4.85. The van der Waals surface area contributed by atoms with Crippen LogP contribution in [0.2, 0.25) is 4.34 Å². The first-order valence-corrected chi connectivity index (χ1v) is 8.05. The Kier molecular flexibility index (Phi) is 5.90. The number of halogens is 2. The van der Waals surface area contributed by atoms with Gasteiger partial charge in [0.05, 0.1) is 12.7 Å². The Bertz CT molecular complexity index is 387. The van der Waals surface area contributed by atoms with Gasteiger partial charge in [0.1, 0.15) is 9.34 Å². The van der Waals surface area contributed by atoms with E-state index in [-0.39, 0.29) is 12.4 Å². The number of aromatic nitrogens is 1. The molecule has 1 saturated carbocycles. The van der Waals surface area contributed by atoms with Gasteiger partial charge in [-0.3, -0.25) is 4.90 Å². The molecule has 0 aromatic carbocycles. The quantitative estimate of drug-likeness (QED) is 0.902. The summed E-state index contributed by atoms with van der Waals surface area (Å²) in [6, 6.07) is 0.738. The molecule has 0 radical (unpaired) electrons. The molecule has 0 amide bonds. The van der Waals surface area contributed by atoms with E-state index in [9.17, 15) is 0 Å². The van der Waals surface area contributed by atoms with Gasteiger partial charge in [0.25, 0.3) is 0 Å². The first kappa shape index (κ1) is 15.5. The molecule has 0 unspecified atom stereocenters. The Labute approximate surface area is 130 Å². The summed E-state index contributed by atoms with van der Waals surface area (Å²) in [4.78, 5) is 6.82. The highest BCUT2D eigenvalue weighted by atomic mass is 35.5. The number of thiazole rings is 1. The molecule has 108 valence electrons. The van der Waals surface area contributed by atoms with Crippen LogP contribution in [0.4, 0.5) is 0 Å². The molecule has 19 heavy (non-hydrogen) atoms. The van der Waals surface area contributed by atoms with Crippen LogP contribution in [-0.2, 0) is 6.54 Å². The second-order valence-electron chi connectivity index (χ2n) is 5.46. The van der Waals surface area contributed by atoms with Crippen molar-refractivity contribution < 1.29 is 0 Å². The fourth-order valence-corrected chi connectivity index (χ4v) is 3.50. The van der Waals surface area contributed by atoms with Gasteiger partial charge in [-0.15, -0.1) is 23.7 Å². The Morgan fingerprint density at radius 1 is 1.32 bits per heavy atom. The minimum absolute atomic E-state index is 0. The van der Waals surface area contributed by atoms with E-state index in [0.29, 0.717) is 0 Å². The van der Waals surface area contributed by atoms with Gasteiger partial charge in [-0.25, -0.2) is 4.98 Å². The van der Waals surface area contributed by atoms with Gasteiger partial charge >= 0.3 is 0 Å². The molecule has 1 N–H and O–H groups in total. The van der Waals surface area contributed by atoms with E-state index in [1.54, 1.807) is 17.5 Å². The summed E-state index contributed by atoms with van der Waals surface area (Å²) >= 11 is 7.51. The molecule has 3 nitrogen and oxygen atoms in total. The molecule has 3 rings (SSSR count). The number of likely N-dealkylation sites (tertiary alicyclic amines) is 1. The summed E-state index contributed by atoms with van der Waals surface area (Å²) in [5.74, 6) is 0.987. The van der Waals surface area contributed by atoms with Gasteiger partial charge < -0.3 is 5.32 Å². The highest BCUT2D eigenvalue weighted by Gasteiger charge is 2.24. The summed E-state index contributed by atoms with van der Waals surface area (Å²) in [6.07, 6.45) is 7.18. The van der Waals surface area contributed by atoms with E-state index in [0.717, 1.165) is 27.8 Å². The molecular weight excluding hydrogens is 301 g/mol. The lowest BCUT2D eigenvalue weighted by molar-refractivity contribution is 0.190. The first-order valence-electron chi connectivity index (χ1n) is 6.85. The average Bonchev–Trinajstić information content (AvgIpc) is 3.12. The number of piperidine rings is 1. The molecule has 2 heterocycles. The Balaban J connectivity index is 0.00000133. The molecule has 1 saturated heterocycles. The van der Waals surface area contributed by atoms with Crippen LogP contribution >= 0.6 is 35.3 Å². The number of hydrogen-bond acceptors (Lipinski definition) is 4. The molecule has 0 spiro atoms. The highest BCUT2D eigenvalue weighted by molar-refractivity contribution is 7.15. The van der Waals surface area contributed by atoms with Crippen molar-refractivity contribution in [3.05, 3.63) is 15.5 Å². The second-order valence-corrected chi connectivity index (χ2v) is 7.21. The molecule has 1 aliphatic carbocycles. The van der Waals surface area contributed by atoms with Gasteiger partial charge in [0.15, 0.2) is 0 Å². The monoisotopic (exact) mass is 321 g/mol. The van der Waals surface area contributed by atoms with Gasteiger partial charge in [-0.2, -0.15) is 0 Å². The lowest BCUT2D eigenvalue weighted by atomic mass is 10.0. The van der Waals surface area contributed by atoms with Crippen molar-refractivity contribution in [3.63, 3.8) is 0 Å². The molecule has 0 bridgehead atoms. The maximum atomic E-state index is 5.91. The zero-order valence-electron chi connectivity index (χ0n) is 11.0. The summed E-state index contributed by atoms with van der Waals surface area (Å²) in [6.45, 7) is 4.57. The van der Waals surface area contributed by atoms with E-state index in [4.69, 9.17) is 11.6 Å². The normalized spacial score (nSPS) is 21.3. The first-order chi connectivity index (χ1) is 8.79. The van der Waals surface area contributed by atoms with Crippen LogP contribution in [0, 0.1) is 5.92 Å². The van der Waals surface area contributed by atoms with Gasteiger partial charge in [-0.1, -0.05) is 11.6 Å². The van der Waals surface area contributed by atoms with Gasteiger partial charge in [-0.05, 0) is 38.1 Å². The van der Waals surface area contributed by atoms with Crippen LogP contribution in [0.25, 0.3) is 0 Å². The smallest absolute Gasteiger partial charge is 0.113 e. The van der Waals surface area contributed by atoms with Crippen molar-refractivity contribution in [1.82, 2.24) is 15.2 Å². The van der Waals surface area contributed by atoms with Crippen LogP contribution in [0.1, 0.15) is 30.7 Å². The number of hydrogen-bond donors (Lipinski definition) is 1. The predicted octanol–water partition coefficient (Wildman–Crippen LogP) is 3.18. The lowest BCUT2D eigenvalue weighted by Gasteiger charge is -2.31. The molecule has 1 aromatic rings. The minimum Gasteiger partial charge on any atom is -0.314 e. The fraction of sp³-hybridized carbons (Fsp3) is 0.769. The molecule has 6 heteroatoms. The highest BCUT2D eigenvalue weighted by Crippen LogP contribution is 2.28. The largest absolute Gasteiger partial charge is 0.314 e. The minimum atomic E-state index is 0. The van der Waals surface area contributed by atoms with Crippen molar-refractivity contribution in [2.75, 3.05) is 19.6 Å². The van der Waals surface area contributed by atoms with Crippen molar-refractivity contribution in [2.24, 2.45) is 5.92 Å². The van der Waals surface area contributed by atoms with Gasteiger partial charge in [0, 0.05) is 19.1 Å². The summed E-state index contributed by atoms with van der Waals surface area (Å²) < 4.78 is 0.797. The standard InChI is InChI=1S/C13H20ClN3S.ClH/c14-12-8-16-13(18-12)9-17-5-3-11(4-6-17)15-7-10-1-2-10;/h8,10-11,15H,1-7,9H2;1H. The van der Waals surface area contributed by atoms with E-state index in [2.05, 4.69) is 15.2 Å². The van der Waals surface area contributed by atoms with Crippen molar-refractivity contribution >= 4 is 35.3 Å². The number of nitrogens with one attached hydrogen (secondary N) is 1. The van der Waals surface area contributed by atoms with E-state index in [1.165, 1.54) is 45.3 Å². The van der Waals surface area contributed by atoms with Crippen LogP contribution in [0.15, 0.2) is 6.20 Å². The maximum Gasteiger partial charge on any atom is 0.113 e.